The van der Waals surface area contributed by atoms with E-state index in [-0.39, 0.29) is 16.8 Å². The number of carbonyl (C=O) groups excluding carboxylic acids is 1. The molecule has 28 heavy (non-hydrogen) atoms. The van der Waals surface area contributed by atoms with Crippen LogP contribution in [-0.2, 0) is 16.4 Å². The van der Waals surface area contributed by atoms with Gasteiger partial charge in [-0.1, -0.05) is 13.8 Å². The van der Waals surface area contributed by atoms with E-state index in [1.54, 1.807) is 18.2 Å². The van der Waals surface area contributed by atoms with E-state index in [1.165, 1.54) is 16.4 Å². The number of fused-ring (bicyclic) bond motifs is 1. The maximum atomic E-state index is 13.2. The fourth-order valence-corrected chi connectivity index (χ4v) is 5.10. The molecule has 1 amide bonds. The molecule has 0 aliphatic carbocycles. The van der Waals surface area contributed by atoms with E-state index in [0.717, 1.165) is 24.1 Å². The second-order valence-electron chi connectivity index (χ2n) is 7.59. The van der Waals surface area contributed by atoms with Gasteiger partial charge in [-0.25, -0.2) is 12.8 Å². The largest absolute Gasteiger partial charge is 0.352 e. The first kappa shape index (κ1) is 20.3. The molecule has 0 bridgehead atoms. The fourth-order valence-electron chi connectivity index (χ4n) is 3.41. The predicted molar refractivity (Wildman–Crippen MR) is 107 cm³/mol. The summed E-state index contributed by atoms with van der Waals surface area (Å²) in [4.78, 5) is 12.4. The van der Waals surface area contributed by atoms with Crippen molar-refractivity contribution in [1.29, 1.82) is 0 Å². The van der Waals surface area contributed by atoms with Crippen LogP contribution >= 0.6 is 0 Å². The molecule has 1 atom stereocenters. The lowest BCUT2D eigenvalue weighted by molar-refractivity contribution is 0.0952. The normalized spacial score (nSPS) is 16.3. The quantitative estimate of drug-likeness (QED) is 0.798. The molecule has 2 aromatic rings. The number of nitrogens with zero attached hydrogens (tertiary/aromatic N) is 1. The zero-order valence-electron chi connectivity index (χ0n) is 16.3. The maximum Gasteiger partial charge on any atom is 0.264 e. The summed E-state index contributed by atoms with van der Waals surface area (Å²) in [7, 11) is -3.81. The summed E-state index contributed by atoms with van der Waals surface area (Å²) in [6, 6.07) is 9.61. The van der Waals surface area contributed by atoms with E-state index >= 15 is 0 Å². The van der Waals surface area contributed by atoms with Crippen LogP contribution in [-0.4, -0.2) is 26.9 Å². The van der Waals surface area contributed by atoms with E-state index < -0.39 is 15.8 Å². The summed E-state index contributed by atoms with van der Waals surface area (Å²) >= 11 is 0. The third-order valence-corrected chi connectivity index (χ3v) is 6.81. The monoisotopic (exact) mass is 404 g/mol. The van der Waals surface area contributed by atoms with Crippen molar-refractivity contribution in [2.24, 2.45) is 5.92 Å². The van der Waals surface area contributed by atoms with Crippen LogP contribution in [0.3, 0.4) is 0 Å². The summed E-state index contributed by atoms with van der Waals surface area (Å²) in [6.07, 6.45) is 1.42. The minimum Gasteiger partial charge on any atom is -0.352 e. The molecule has 0 aromatic heterocycles. The van der Waals surface area contributed by atoms with Crippen LogP contribution in [0, 0.1) is 11.7 Å². The Bertz CT molecular complexity index is 972. The molecule has 0 saturated heterocycles. The van der Waals surface area contributed by atoms with Gasteiger partial charge in [0.1, 0.15) is 5.82 Å². The number of amides is 1. The van der Waals surface area contributed by atoms with Crippen molar-refractivity contribution in [2.75, 3.05) is 10.8 Å². The molecule has 3 rings (SSSR count). The maximum absolute atomic E-state index is 13.2. The minimum absolute atomic E-state index is 0.0455. The van der Waals surface area contributed by atoms with Gasteiger partial charge in [0.05, 0.1) is 10.6 Å². The lowest BCUT2D eigenvalue weighted by Crippen LogP contribution is -2.35. The van der Waals surface area contributed by atoms with Crippen molar-refractivity contribution >= 4 is 21.6 Å². The number of benzene rings is 2. The van der Waals surface area contributed by atoms with Gasteiger partial charge in [0.15, 0.2) is 0 Å². The van der Waals surface area contributed by atoms with E-state index in [2.05, 4.69) is 19.2 Å². The number of halogens is 1. The van der Waals surface area contributed by atoms with Gasteiger partial charge >= 0.3 is 0 Å². The van der Waals surface area contributed by atoms with E-state index in [1.807, 2.05) is 6.92 Å². The van der Waals surface area contributed by atoms with Crippen LogP contribution in [0.4, 0.5) is 10.1 Å². The van der Waals surface area contributed by atoms with Crippen molar-refractivity contribution in [3.8, 4) is 0 Å². The molecule has 0 radical (unpaired) electrons. The van der Waals surface area contributed by atoms with Crippen molar-refractivity contribution in [3.05, 3.63) is 59.4 Å². The Morgan fingerprint density at radius 2 is 1.89 bits per heavy atom. The van der Waals surface area contributed by atoms with Gasteiger partial charge in [-0.2, -0.15) is 0 Å². The van der Waals surface area contributed by atoms with Crippen molar-refractivity contribution < 1.29 is 17.6 Å². The van der Waals surface area contributed by atoms with Gasteiger partial charge in [0.2, 0.25) is 0 Å². The molecule has 0 unspecified atom stereocenters. The Kier molecular flexibility index (Phi) is 5.74. The fraction of sp³-hybridized carbons (Fsp3) is 0.381. The number of hydrogen-bond donors (Lipinski definition) is 1. The van der Waals surface area contributed by atoms with Gasteiger partial charge in [-0.15, -0.1) is 0 Å². The molecule has 1 N–H and O–H groups in total. The molecule has 1 heterocycles. The number of anilines is 1. The Labute approximate surface area is 165 Å². The average molecular weight is 405 g/mol. The van der Waals surface area contributed by atoms with Crippen LogP contribution < -0.4 is 9.62 Å². The van der Waals surface area contributed by atoms with Crippen molar-refractivity contribution in [2.45, 2.75) is 44.6 Å². The Morgan fingerprint density at radius 3 is 2.54 bits per heavy atom. The first-order valence-electron chi connectivity index (χ1n) is 9.41. The minimum atomic E-state index is -3.81. The summed E-state index contributed by atoms with van der Waals surface area (Å²) < 4.78 is 40.7. The second kappa shape index (κ2) is 7.91. The average Bonchev–Trinajstić information content (AvgIpc) is 2.97. The predicted octanol–water partition coefficient (Wildman–Crippen LogP) is 3.74. The molecule has 0 fully saturated rings. The lowest BCUT2D eigenvalue weighted by atomic mass is 10.1. The molecular formula is C21H25FN2O3S. The van der Waals surface area contributed by atoms with Crippen LogP contribution in [0.2, 0.25) is 0 Å². The Morgan fingerprint density at radius 1 is 1.21 bits per heavy atom. The van der Waals surface area contributed by atoms with E-state index in [4.69, 9.17) is 0 Å². The van der Waals surface area contributed by atoms with Crippen LogP contribution in [0.25, 0.3) is 0 Å². The van der Waals surface area contributed by atoms with Crippen LogP contribution in [0.5, 0.6) is 0 Å². The van der Waals surface area contributed by atoms with Crippen molar-refractivity contribution in [3.63, 3.8) is 0 Å². The molecular weight excluding hydrogens is 379 g/mol. The number of nitrogens with one attached hydrogen (secondary N) is 1. The molecule has 7 heteroatoms. The molecule has 0 saturated carbocycles. The van der Waals surface area contributed by atoms with Gasteiger partial charge in [0, 0.05) is 18.2 Å². The first-order chi connectivity index (χ1) is 13.2. The zero-order valence-corrected chi connectivity index (χ0v) is 17.1. The number of rotatable bonds is 6. The summed E-state index contributed by atoms with van der Waals surface area (Å²) in [5.74, 6) is -0.135. The van der Waals surface area contributed by atoms with Crippen LogP contribution in [0.15, 0.2) is 47.4 Å². The topological polar surface area (TPSA) is 66.5 Å². The standard InChI is InChI=1S/C21H25FN2O3S/c1-14(2)10-11-23-21(25)16-4-9-20-17(13-16)12-15(3)24(20)28(26,27)19-7-5-18(22)6-8-19/h4-9,13-15H,10-12H2,1-3H3,(H,23,25)/t15-/m1/s1. The highest BCUT2D eigenvalue weighted by Crippen LogP contribution is 2.37. The summed E-state index contributed by atoms with van der Waals surface area (Å²) in [6.45, 7) is 6.62. The van der Waals surface area contributed by atoms with Crippen LogP contribution in [0.1, 0.15) is 43.1 Å². The van der Waals surface area contributed by atoms with Crippen molar-refractivity contribution in [1.82, 2.24) is 5.32 Å². The zero-order chi connectivity index (χ0) is 20.5. The summed E-state index contributed by atoms with van der Waals surface area (Å²) in [5.41, 5.74) is 1.90. The van der Waals surface area contributed by atoms with Gasteiger partial charge in [-0.05, 0) is 73.7 Å². The second-order valence-corrected chi connectivity index (χ2v) is 9.40. The van der Waals surface area contributed by atoms with Gasteiger partial charge < -0.3 is 5.32 Å². The smallest absolute Gasteiger partial charge is 0.264 e. The number of carbonyl (C=O) groups is 1. The lowest BCUT2D eigenvalue weighted by Gasteiger charge is -2.24. The number of hydrogen-bond acceptors (Lipinski definition) is 3. The highest BCUT2D eigenvalue weighted by atomic mass is 32.2. The highest BCUT2D eigenvalue weighted by molar-refractivity contribution is 7.92. The van der Waals surface area contributed by atoms with Gasteiger partial charge in [-0.3, -0.25) is 9.10 Å². The Hall–Kier alpha value is -2.41. The molecule has 1 aliphatic heterocycles. The SMILES string of the molecule is CC(C)CCNC(=O)c1ccc2c(c1)C[C@@H](C)N2S(=O)(=O)c1ccc(F)cc1. The first-order valence-corrected chi connectivity index (χ1v) is 10.9. The van der Waals surface area contributed by atoms with Gasteiger partial charge in [0.25, 0.3) is 15.9 Å². The molecule has 2 aromatic carbocycles. The summed E-state index contributed by atoms with van der Waals surface area (Å²) in [5, 5.41) is 2.90. The molecule has 1 aliphatic rings. The Balaban J connectivity index is 1.85. The van der Waals surface area contributed by atoms with E-state index in [9.17, 15) is 17.6 Å². The third kappa shape index (κ3) is 4.04. The number of sulfonamides is 1. The molecule has 0 spiro atoms. The molecule has 150 valence electrons. The third-order valence-electron chi connectivity index (χ3n) is 4.87. The molecule has 5 nitrogen and oxygen atoms in total. The highest BCUT2D eigenvalue weighted by Gasteiger charge is 2.36. The van der Waals surface area contributed by atoms with E-state index in [0.29, 0.717) is 30.1 Å².